The van der Waals surface area contributed by atoms with Crippen molar-refractivity contribution in [3.63, 3.8) is 0 Å². The van der Waals surface area contributed by atoms with Crippen molar-refractivity contribution in [2.24, 2.45) is 17.6 Å². The first-order valence-electron chi connectivity index (χ1n) is 5.72. The smallest absolute Gasteiger partial charge is 0.223 e. The molecule has 2 aliphatic rings. The second-order valence-corrected chi connectivity index (χ2v) is 4.95. The van der Waals surface area contributed by atoms with Crippen LogP contribution in [0.2, 0.25) is 0 Å². The first kappa shape index (κ1) is 9.97. The summed E-state index contributed by atoms with van der Waals surface area (Å²) < 4.78 is 0. The number of nitrogens with two attached hydrogens (primary N) is 1. The van der Waals surface area contributed by atoms with Gasteiger partial charge in [0.1, 0.15) is 0 Å². The van der Waals surface area contributed by atoms with Gasteiger partial charge in [0, 0.05) is 18.0 Å². The van der Waals surface area contributed by atoms with Crippen molar-refractivity contribution in [1.29, 1.82) is 0 Å². The molecule has 0 radical (unpaired) electrons. The summed E-state index contributed by atoms with van der Waals surface area (Å²) in [6.45, 7) is 2.18. The second-order valence-electron chi connectivity index (χ2n) is 4.95. The van der Waals surface area contributed by atoms with Crippen LogP contribution in [-0.4, -0.2) is 18.0 Å². The van der Waals surface area contributed by atoms with Crippen LogP contribution < -0.4 is 11.1 Å². The summed E-state index contributed by atoms with van der Waals surface area (Å²) in [7, 11) is 0. The van der Waals surface area contributed by atoms with E-state index in [1.54, 1.807) is 0 Å². The van der Waals surface area contributed by atoms with Crippen LogP contribution in [0, 0.1) is 11.8 Å². The zero-order valence-electron chi connectivity index (χ0n) is 8.83. The molecule has 2 saturated carbocycles. The molecule has 0 spiro atoms. The highest BCUT2D eigenvalue weighted by Crippen LogP contribution is 2.31. The summed E-state index contributed by atoms with van der Waals surface area (Å²) in [6, 6.07) is 0.687. The Bertz CT molecular complexity index is 223. The summed E-state index contributed by atoms with van der Waals surface area (Å²) in [6.07, 6.45) is 5.43. The van der Waals surface area contributed by atoms with E-state index in [0.29, 0.717) is 18.0 Å². The molecule has 2 unspecified atom stereocenters. The number of carbonyl (C=O) groups is 1. The number of hydrogen-bond donors (Lipinski definition) is 2. The Morgan fingerprint density at radius 2 is 2.07 bits per heavy atom. The molecule has 0 aromatic heterocycles. The van der Waals surface area contributed by atoms with Gasteiger partial charge in [-0.2, -0.15) is 0 Å². The van der Waals surface area contributed by atoms with E-state index >= 15 is 0 Å². The lowest BCUT2D eigenvalue weighted by Gasteiger charge is -2.34. The summed E-state index contributed by atoms with van der Waals surface area (Å²) in [5.74, 6) is 1.11. The van der Waals surface area contributed by atoms with E-state index in [9.17, 15) is 4.79 Å². The molecule has 14 heavy (non-hydrogen) atoms. The highest BCUT2D eigenvalue weighted by molar-refractivity contribution is 5.79. The van der Waals surface area contributed by atoms with Crippen LogP contribution in [0.1, 0.15) is 39.0 Å². The minimum Gasteiger partial charge on any atom is -0.353 e. The van der Waals surface area contributed by atoms with Crippen LogP contribution in [0.15, 0.2) is 0 Å². The molecule has 2 aliphatic carbocycles. The molecule has 2 atom stereocenters. The molecule has 3 nitrogen and oxygen atoms in total. The minimum absolute atomic E-state index is 0.270. The zero-order valence-corrected chi connectivity index (χ0v) is 8.83. The van der Waals surface area contributed by atoms with Crippen LogP contribution in [-0.2, 0) is 4.79 Å². The third-order valence-corrected chi connectivity index (χ3v) is 3.72. The first-order chi connectivity index (χ1) is 6.66. The lowest BCUT2D eigenvalue weighted by atomic mass is 9.86. The van der Waals surface area contributed by atoms with Crippen molar-refractivity contribution >= 4 is 5.91 Å². The SMILES string of the molecule is CC1CCCC1C(=O)NC1CC(N)C1. The quantitative estimate of drug-likeness (QED) is 0.693. The Kier molecular flexibility index (Phi) is 2.77. The predicted molar refractivity (Wildman–Crippen MR) is 55.6 cm³/mol. The standard InChI is InChI=1S/C11H20N2O/c1-7-3-2-4-10(7)11(14)13-9-5-8(12)6-9/h7-10H,2-6,12H2,1H3,(H,13,14). The van der Waals surface area contributed by atoms with Crippen LogP contribution in [0.5, 0.6) is 0 Å². The normalized spacial score (nSPS) is 41.9. The van der Waals surface area contributed by atoms with Crippen LogP contribution >= 0.6 is 0 Å². The molecule has 1 amide bonds. The second kappa shape index (κ2) is 3.89. The molecular formula is C11H20N2O. The Balaban J connectivity index is 1.78. The third-order valence-electron chi connectivity index (χ3n) is 3.72. The van der Waals surface area contributed by atoms with E-state index in [4.69, 9.17) is 5.73 Å². The lowest BCUT2D eigenvalue weighted by Crippen LogP contribution is -2.51. The average Bonchev–Trinajstić information content (AvgIpc) is 2.48. The molecule has 3 N–H and O–H groups in total. The molecule has 0 bridgehead atoms. The van der Waals surface area contributed by atoms with Crippen LogP contribution in [0.25, 0.3) is 0 Å². The molecule has 80 valence electrons. The molecule has 0 saturated heterocycles. The van der Waals surface area contributed by atoms with Crippen LogP contribution in [0.3, 0.4) is 0 Å². The molecular weight excluding hydrogens is 176 g/mol. The van der Waals surface area contributed by atoms with Gasteiger partial charge in [0.2, 0.25) is 5.91 Å². The van der Waals surface area contributed by atoms with Crippen molar-refractivity contribution in [3.05, 3.63) is 0 Å². The lowest BCUT2D eigenvalue weighted by molar-refractivity contribution is -0.127. The van der Waals surface area contributed by atoms with E-state index in [1.165, 1.54) is 12.8 Å². The molecule has 0 heterocycles. The van der Waals surface area contributed by atoms with E-state index in [1.807, 2.05) is 0 Å². The van der Waals surface area contributed by atoms with Gasteiger partial charge in [-0.3, -0.25) is 4.79 Å². The molecule has 2 fully saturated rings. The highest BCUT2D eigenvalue weighted by atomic mass is 16.2. The van der Waals surface area contributed by atoms with Crippen molar-refractivity contribution in [2.45, 2.75) is 51.1 Å². The summed E-state index contributed by atoms with van der Waals surface area (Å²) in [5.41, 5.74) is 5.67. The summed E-state index contributed by atoms with van der Waals surface area (Å²) >= 11 is 0. The number of rotatable bonds is 2. The van der Waals surface area contributed by atoms with E-state index in [-0.39, 0.29) is 11.8 Å². The van der Waals surface area contributed by atoms with Gasteiger partial charge in [0.15, 0.2) is 0 Å². The molecule has 2 rings (SSSR count). The first-order valence-corrected chi connectivity index (χ1v) is 5.72. The highest BCUT2D eigenvalue weighted by Gasteiger charge is 2.33. The maximum Gasteiger partial charge on any atom is 0.223 e. The maximum absolute atomic E-state index is 11.8. The van der Waals surface area contributed by atoms with E-state index < -0.39 is 0 Å². The van der Waals surface area contributed by atoms with Gasteiger partial charge in [0.05, 0.1) is 0 Å². The monoisotopic (exact) mass is 196 g/mol. The van der Waals surface area contributed by atoms with Crippen molar-refractivity contribution in [1.82, 2.24) is 5.32 Å². The Labute approximate surface area is 85.4 Å². The fourth-order valence-corrected chi connectivity index (χ4v) is 2.62. The van der Waals surface area contributed by atoms with Crippen molar-refractivity contribution in [2.75, 3.05) is 0 Å². The van der Waals surface area contributed by atoms with Gasteiger partial charge in [0.25, 0.3) is 0 Å². The largest absolute Gasteiger partial charge is 0.353 e. The molecule has 0 aromatic carbocycles. The van der Waals surface area contributed by atoms with E-state index in [2.05, 4.69) is 12.2 Å². The number of nitrogens with one attached hydrogen (secondary N) is 1. The minimum atomic E-state index is 0.270. The van der Waals surface area contributed by atoms with E-state index in [0.717, 1.165) is 19.3 Å². The number of amides is 1. The van der Waals surface area contributed by atoms with Gasteiger partial charge >= 0.3 is 0 Å². The molecule has 0 aliphatic heterocycles. The fraction of sp³-hybridized carbons (Fsp3) is 0.909. The van der Waals surface area contributed by atoms with Gasteiger partial charge in [-0.25, -0.2) is 0 Å². The molecule has 0 aromatic rings. The fourth-order valence-electron chi connectivity index (χ4n) is 2.62. The van der Waals surface area contributed by atoms with Gasteiger partial charge in [-0.05, 0) is 31.6 Å². The topological polar surface area (TPSA) is 55.1 Å². The maximum atomic E-state index is 11.8. The predicted octanol–water partition coefficient (Wildman–Crippen LogP) is 1.03. The summed E-state index contributed by atoms with van der Waals surface area (Å²) in [5, 5.41) is 3.10. The average molecular weight is 196 g/mol. The Hall–Kier alpha value is -0.570. The van der Waals surface area contributed by atoms with Crippen molar-refractivity contribution in [3.8, 4) is 0 Å². The van der Waals surface area contributed by atoms with Crippen LogP contribution in [0.4, 0.5) is 0 Å². The Morgan fingerprint density at radius 1 is 1.36 bits per heavy atom. The Morgan fingerprint density at radius 3 is 2.57 bits per heavy atom. The van der Waals surface area contributed by atoms with Gasteiger partial charge in [-0.1, -0.05) is 13.3 Å². The van der Waals surface area contributed by atoms with Gasteiger partial charge in [-0.15, -0.1) is 0 Å². The summed E-state index contributed by atoms with van der Waals surface area (Å²) in [4.78, 5) is 11.8. The molecule has 3 heteroatoms. The van der Waals surface area contributed by atoms with Crippen molar-refractivity contribution < 1.29 is 4.79 Å². The third kappa shape index (κ3) is 1.92. The number of carbonyl (C=O) groups excluding carboxylic acids is 1. The number of hydrogen-bond acceptors (Lipinski definition) is 2. The van der Waals surface area contributed by atoms with Gasteiger partial charge < -0.3 is 11.1 Å². The zero-order chi connectivity index (χ0) is 10.1.